The van der Waals surface area contributed by atoms with Crippen LogP contribution in [0.25, 0.3) is 17.3 Å². The minimum absolute atomic E-state index is 0.284. The maximum absolute atomic E-state index is 14.9. The Bertz CT molecular complexity index is 1350. The molecule has 1 fully saturated rings. The molecule has 7 heteroatoms. The number of aliphatic imine (C=N–C) groups is 1. The molecule has 1 saturated carbocycles. The minimum Gasteiger partial charge on any atom is -0.332 e. The fraction of sp³-hybridized carbons (Fsp3) is 0.250. The molecule has 2 aliphatic rings. The van der Waals surface area contributed by atoms with Crippen LogP contribution in [0.1, 0.15) is 59.9 Å². The number of hydrogen-bond donors (Lipinski definition) is 0. The summed E-state index contributed by atoms with van der Waals surface area (Å²) in [5, 5.41) is 3.91. The zero-order valence-electron chi connectivity index (χ0n) is 17.2. The number of nitrogens with zero attached hydrogens (tertiary/aromatic N) is 5. The van der Waals surface area contributed by atoms with Crippen LogP contribution in [0.2, 0.25) is 0 Å². The molecule has 1 aliphatic carbocycles. The lowest BCUT2D eigenvalue weighted by atomic mass is 9.96. The van der Waals surface area contributed by atoms with Gasteiger partial charge in [0.2, 0.25) is 0 Å². The molecule has 6 rings (SSSR count). The monoisotopic (exact) mass is 413 g/mol. The molecule has 2 aromatic carbocycles. The van der Waals surface area contributed by atoms with E-state index >= 15 is 0 Å². The van der Waals surface area contributed by atoms with Crippen molar-refractivity contribution in [1.29, 1.82) is 0 Å². The number of rotatable bonds is 3. The second-order valence-electron chi connectivity index (χ2n) is 8.18. The average molecular weight is 413 g/mol. The molecular formula is C24H20FN5O. The van der Waals surface area contributed by atoms with Crippen molar-refractivity contribution in [3.05, 3.63) is 82.8 Å². The lowest BCUT2D eigenvalue weighted by molar-refractivity contribution is 0.424. The Balaban J connectivity index is 1.62. The predicted octanol–water partition coefficient (Wildman–Crippen LogP) is 5.16. The standard InChI is InChI=1S/C24H20FN5O/c1-13-23-22(24-28-14(2)29-31-24)26-12-30(23)20-10-9-16(15-7-8-15)11-18(20)21(27-13)17-5-3-4-6-19(17)25/h3-6,9-13,15H,7-8H2,1-2H3/t13-/m1/s1. The van der Waals surface area contributed by atoms with E-state index in [0.29, 0.717) is 34.6 Å². The van der Waals surface area contributed by atoms with E-state index < -0.39 is 0 Å². The predicted molar refractivity (Wildman–Crippen MR) is 114 cm³/mol. The van der Waals surface area contributed by atoms with Gasteiger partial charge in [-0.15, -0.1) is 0 Å². The first-order valence-electron chi connectivity index (χ1n) is 10.5. The number of imidazole rings is 1. The van der Waals surface area contributed by atoms with Crippen LogP contribution in [0.5, 0.6) is 0 Å². The summed E-state index contributed by atoms with van der Waals surface area (Å²) < 4.78 is 22.3. The Morgan fingerprint density at radius 3 is 2.68 bits per heavy atom. The van der Waals surface area contributed by atoms with E-state index in [9.17, 15) is 4.39 Å². The van der Waals surface area contributed by atoms with Gasteiger partial charge >= 0.3 is 0 Å². The highest BCUT2D eigenvalue weighted by molar-refractivity contribution is 6.15. The van der Waals surface area contributed by atoms with Gasteiger partial charge in [-0.1, -0.05) is 23.4 Å². The van der Waals surface area contributed by atoms with Gasteiger partial charge in [0.1, 0.15) is 12.1 Å². The molecule has 1 aliphatic heterocycles. The smallest absolute Gasteiger partial charge is 0.278 e. The van der Waals surface area contributed by atoms with Crippen molar-refractivity contribution in [3.63, 3.8) is 0 Å². The number of aryl methyl sites for hydroxylation is 1. The molecule has 0 unspecified atom stereocenters. The van der Waals surface area contributed by atoms with E-state index in [4.69, 9.17) is 9.52 Å². The third-order valence-electron chi connectivity index (χ3n) is 5.97. The van der Waals surface area contributed by atoms with Crippen LogP contribution in [0, 0.1) is 12.7 Å². The van der Waals surface area contributed by atoms with Gasteiger partial charge in [0.05, 0.1) is 23.1 Å². The molecule has 4 aromatic rings. The molecule has 0 radical (unpaired) electrons. The van der Waals surface area contributed by atoms with Crippen LogP contribution in [0.4, 0.5) is 4.39 Å². The molecule has 0 saturated heterocycles. The first-order valence-corrected chi connectivity index (χ1v) is 10.5. The van der Waals surface area contributed by atoms with Crippen molar-refractivity contribution < 1.29 is 8.91 Å². The Hall–Kier alpha value is -3.61. The normalized spacial score (nSPS) is 17.6. The number of aromatic nitrogens is 4. The van der Waals surface area contributed by atoms with Gasteiger partial charge in [0.25, 0.3) is 5.89 Å². The second-order valence-corrected chi connectivity index (χ2v) is 8.18. The van der Waals surface area contributed by atoms with Crippen molar-refractivity contribution in [1.82, 2.24) is 19.7 Å². The lowest BCUT2D eigenvalue weighted by Crippen LogP contribution is -2.09. The molecule has 0 amide bonds. The van der Waals surface area contributed by atoms with Crippen LogP contribution in [-0.4, -0.2) is 25.4 Å². The quantitative estimate of drug-likeness (QED) is 0.465. The number of fused-ring (bicyclic) bond motifs is 3. The van der Waals surface area contributed by atoms with Gasteiger partial charge < -0.3 is 4.52 Å². The van der Waals surface area contributed by atoms with Crippen molar-refractivity contribution >= 4 is 5.71 Å². The molecule has 2 aromatic heterocycles. The molecule has 0 bridgehead atoms. The van der Waals surface area contributed by atoms with E-state index in [-0.39, 0.29) is 11.9 Å². The minimum atomic E-state index is -0.295. The Kier molecular flexibility index (Phi) is 3.93. The average Bonchev–Trinajstić information content (AvgIpc) is 3.41. The van der Waals surface area contributed by atoms with Gasteiger partial charge in [-0.3, -0.25) is 9.56 Å². The number of benzene rings is 2. The van der Waals surface area contributed by atoms with Crippen LogP contribution in [0.15, 0.2) is 58.3 Å². The van der Waals surface area contributed by atoms with E-state index in [1.54, 1.807) is 25.4 Å². The Morgan fingerprint density at radius 2 is 1.94 bits per heavy atom. The van der Waals surface area contributed by atoms with Crippen LogP contribution >= 0.6 is 0 Å². The fourth-order valence-electron chi connectivity index (χ4n) is 4.32. The maximum Gasteiger partial charge on any atom is 0.278 e. The summed E-state index contributed by atoms with van der Waals surface area (Å²) in [6.07, 6.45) is 4.15. The lowest BCUT2D eigenvalue weighted by Gasteiger charge is -2.14. The van der Waals surface area contributed by atoms with E-state index in [2.05, 4.69) is 33.3 Å². The van der Waals surface area contributed by atoms with Crippen molar-refractivity contribution in [2.24, 2.45) is 4.99 Å². The van der Waals surface area contributed by atoms with E-state index in [0.717, 1.165) is 16.9 Å². The highest BCUT2D eigenvalue weighted by Crippen LogP contribution is 2.42. The fourth-order valence-corrected chi connectivity index (χ4v) is 4.32. The summed E-state index contributed by atoms with van der Waals surface area (Å²) in [7, 11) is 0. The van der Waals surface area contributed by atoms with Gasteiger partial charge in [0.15, 0.2) is 11.5 Å². The molecule has 154 valence electrons. The first-order chi connectivity index (χ1) is 15.1. The summed E-state index contributed by atoms with van der Waals surface area (Å²) in [6, 6.07) is 12.9. The highest BCUT2D eigenvalue weighted by Gasteiger charge is 2.31. The molecule has 3 heterocycles. The van der Waals surface area contributed by atoms with Gasteiger partial charge in [0, 0.05) is 11.1 Å². The summed E-state index contributed by atoms with van der Waals surface area (Å²) >= 11 is 0. The highest BCUT2D eigenvalue weighted by atomic mass is 19.1. The maximum atomic E-state index is 14.9. The van der Waals surface area contributed by atoms with E-state index in [1.165, 1.54) is 24.5 Å². The molecule has 6 nitrogen and oxygen atoms in total. The van der Waals surface area contributed by atoms with Gasteiger partial charge in [-0.2, -0.15) is 4.98 Å². The molecule has 0 N–H and O–H groups in total. The van der Waals surface area contributed by atoms with Crippen LogP contribution < -0.4 is 0 Å². The molecular weight excluding hydrogens is 393 g/mol. The molecule has 31 heavy (non-hydrogen) atoms. The van der Waals surface area contributed by atoms with Crippen LogP contribution in [0.3, 0.4) is 0 Å². The zero-order chi connectivity index (χ0) is 21.1. The number of hydrogen-bond acceptors (Lipinski definition) is 5. The summed E-state index contributed by atoms with van der Waals surface area (Å²) in [5.74, 6) is 1.20. The van der Waals surface area contributed by atoms with Crippen molar-refractivity contribution in [3.8, 4) is 17.3 Å². The van der Waals surface area contributed by atoms with E-state index in [1.807, 2.05) is 17.6 Å². The first kappa shape index (κ1) is 18.2. The summed E-state index contributed by atoms with van der Waals surface area (Å²) in [6.45, 7) is 3.75. The topological polar surface area (TPSA) is 69.1 Å². The van der Waals surface area contributed by atoms with Gasteiger partial charge in [-0.05, 0) is 62.4 Å². The van der Waals surface area contributed by atoms with Crippen molar-refractivity contribution in [2.75, 3.05) is 0 Å². The zero-order valence-corrected chi connectivity index (χ0v) is 17.2. The van der Waals surface area contributed by atoms with Crippen LogP contribution in [-0.2, 0) is 0 Å². The third kappa shape index (κ3) is 2.91. The Morgan fingerprint density at radius 1 is 1.10 bits per heavy atom. The Labute approximate surface area is 178 Å². The third-order valence-corrected chi connectivity index (χ3v) is 5.97. The van der Waals surface area contributed by atoms with Gasteiger partial charge in [-0.25, -0.2) is 9.37 Å². The second kappa shape index (κ2) is 6.70. The molecule has 1 atom stereocenters. The largest absolute Gasteiger partial charge is 0.332 e. The molecule has 0 spiro atoms. The summed E-state index contributed by atoms with van der Waals surface area (Å²) in [4.78, 5) is 13.9. The summed E-state index contributed by atoms with van der Waals surface area (Å²) in [5.41, 5.74) is 5.69. The van der Waals surface area contributed by atoms with Crippen molar-refractivity contribution in [2.45, 2.75) is 38.6 Å². The SMILES string of the molecule is Cc1noc(-c2ncn3c2[C@@H](C)N=C(c2ccccc2F)c2cc(C4CC4)ccc2-3)n1. The number of halogens is 1.